The number of carboxylic acids is 1. The molecule has 170 valence electrons. The van der Waals surface area contributed by atoms with Gasteiger partial charge < -0.3 is 15.2 Å². The maximum Gasteiger partial charge on any atom is 0.416 e. The first-order valence-corrected chi connectivity index (χ1v) is 9.53. The van der Waals surface area contributed by atoms with Crippen molar-refractivity contribution in [3.8, 4) is 0 Å². The van der Waals surface area contributed by atoms with Gasteiger partial charge in [0.1, 0.15) is 11.4 Å². The van der Waals surface area contributed by atoms with Crippen LogP contribution in [0.15, 0.2) is 42.6 Å². The molecule has 0 bridgehead atoms. The summed E-state index contributed by atoms with van der Waals surface area (Å²) in [5, 5.41) is 10.2. The van der Waals surface area contributed by atoms with Gasteiger partial charge in [-0.3, -0.25) is 9.69 Å². The molecule has 0 saturated heterocycles. The Morgan fingerprint density at radius 3 is 2.35 bits per heavy atom. The Balaban J connectivity index is 0.00000110. The zero-order valence-electron chi connectivity index (χ0n) is 17.7. The van der Waals surface area contributed by atoms with Gasteiger partial charge in [-0.2, -0.15) is 13.2 Å². The van der Waals surface area contributed by atoms with Gasteiger partial charge >= 0.3 is 12.1 Å². The largest absolute Gasteiger partial charge is 0.481 e. The van der Waals surface area contributed by atoms with Crippen molar-refractivity contribution in [3.63, 3.8) is 0 Å². The van der Waals surface area contributed by atoms with Gasteiger partial charge in [-0.1, -0.05) is 19.9 Å². The van der Waals surface area contributed by atoms with Gasteiger partial charge in [0.05, 0.1) is 5.56 Å². The van der Waals surface area contributed by atoms with Crippen molar-refractivity contribution in [1.29, 1.82) is 0 Å². The molecular weight excluding hydrogens is 415 g/mol. The topological polar surface area (TPSA) is 91.8 Å². The van der Waals surface area contributed by atoms with Crippen LogP contribution in [0, 0.1) is 0 Å². The van der Waals surface area contributed by atoms with E-state index in [-0.39, 0.29) is 17.1 Å². The molecular formula is C21H26F3N3O4. The third-order valence-corrected chi connectivity index (χ3v) is 4.08. The zero-order chi connectivity index (χ0) is 23.6. The second kappa shape index (κ2) is 11.9. The minimum atomic E-state index is -4.46. The van der Waals surface area contributed by atoms with E-state index in [0.717, 1.165) is 19.1 Å². The van der Waals surface area contributed by atoms with E-state index in [2.05, 4.69) is 10.3 Å². The van der Waals surface area contributed by atoms with E-state index >= 15 is 0 Å². The summed E-state index contributed by atoms with van der Waals surface area (Å²) in [6, 6.07) is 7.77. The summed E-state index contributed by atoms with van der Waals surface area (Å²) in [6.45, 7) is 8.19. The zero-order valence-corrected chi connectivity index (χ0v) is 17.7. The number of hydrogen-bond acceptors (Lipinski definition) is 6. The molecule has 0 amide bonds. The molecule has 0 spiro atoms. The average molecular weight is 441 g/mol. The molecule has 1 heterocycles. The van der Waals surface area contributed by atoms with E-state index in [9.17, 15) is 18.0 Å². The number of pyridine rings is 1. The molecule has 2 rings (SSSR count). The van der Waals surface area contributed by atoms with E-state index in [1.807, 2.05) is 18.7 Å². The number of nitrogens with zero attached hydrogens (tertiary/aromatic N) is 2. The van der Waals surface area contributed by atoms with Crippen LogP contribution in [-0.2, 0) is 15.7 Å². The first-order valence-electron chi connectivity index (χ1n) is 9.53. The summed E-state index contributed by atoms with van der Waals surface area (Å²) >= 11 is 0. The number of esters is 1. The molecule has 0 aliphatic rings. The molecule has 1 aromatic carbocycles. The highest BCUT2D eigenvalue weighted by molar-refractivity contribution is 5.95. The maximum atomic E-state index is 12.9. The minimum absolute atomic E-state index is 0.133. The smallest absolute Gasteiger partial charge is 0.416 e. The number of nitrogens with one attached hydrogen (secondary N) is 1. The minimum Gasteiger partial charge on any atom is -0.481 e. The average Bonchev–Trinajstić information content (AvgIpc) is 2.68. The summed E-state index contributed by atoms with van der Waals surface area (Å²) in [5.74, 6) is -1.30. The van der Waals surface area contributed by atoms with Crippen LogP contribution >= 0.6 is 0 Å². The van der Waals surface area contributed by atoms with E-state index in [4.69, 9.17) is 14.6 Å². The molecule has 10 heteroatoms. The number of halogens is 3. The Bertz CT molecular complexity index is 867. The Hall–Kier alpha value is -3.14. The summed E-state index contributed by atoms with van der Waals surface area (Å²) in [4.78, 5) is 27.5. The number of anilines is 2. The predicted octanol–water partition coefficient (Wildman–Crippen LogP) is 4.78. The lowest BCUT2D eigenvalue weighted by Gasteiger charge is -2.26. The lowest BCUT2D eigenvalue weighted by atomic mass is 10.2. The van der Waals surface area contributed by atoms with Crippen molar-refractivity contribution < 1.29 is 32.6 Å². The van der Waals surface area contributed by atoms with Gasteiger partial charge in [0.2, 0.25) is 0 Å². The molecule has 2 N–H and O–H groups in total. The second-order valence-corrected chi connectivity index (χ2v) is 6.35. The SMILES string of the molecule is CC(=O)O.CCN(CC)C(C)OC(=O)c1cccnc1Nc1cccc(C(F)(F)F)c1. The maximum absolute atomic E-state index is 12.9. The Kier molecular flexibility index (Phi) is 9.94. The van der Waals surface area contributed by atoms with Crippen LogP contribution in [0.4, 0.5) is 24.7 Å². The van der Waals surface area contributed by atoms with Crippen LogP contribution in [0.2, 0.25) is 0 Å². The lowest BCUT2D eigenvalue weighted by Crippen LogP contribution is -2.36. The Morgan fingerprint density at radius 2 is 1.81 bits per heavy atom. The van der Waals surface area contributed by atoms with Crippen LogP contribution < -0.4 is 5.32 Å². The summed E-state index contributed by atoms with van der Waals surface area (Å²) < 4.78 is 44.1. The van der Waals surface area contributed by atoms with Crippen LogP contribution in [-0.4, -0.2) is 46.2 Å². The quantitative estimate of drug-likeness (QED) is 0.472. The number of ether oxygens (including phenoxy) is 1. The first kappa shape index (κ1) is 25.9. The van der Waals surface area contributed by atoms with Gasteiger partial charge in [-0.05, 0) is 50.3 Å². The lowest BCUT2D eigenvalue weighted by molar-refractivity contribution is -0.137. The van der Waals surface area contributed by atoms with Crippen molar-refractivity contribution in [2.75, 3.05) is 18.4 Å². The molecule has 31 heavy (non-hydrogen) atoms. The number of hydrogen-bond donors (Lipinski definition) is 2. The molecule has 2 aromatic rings. The van der Waals surface area contributed by atoms with E-state index < -0.39 is 29.9 Å². The standard InChI is InChI=1S/C19H22F3N3O2.C2H4O2/c1-4-25(5-2)13(3)27-18(26)16-10-7-11-23-17(16)24-15-9-6-8-14(12-15)19(20,21)22;1-2(3)4/h6-13H,4-5H2,1-3H3,(H,23,24);1H3,(H,3,4). The van der Waals surface area contributed by atoms with Crippen molar-refractivity contribution >= 4 is 23.4 Å². The molecule has 0 aliphatic heterocycles. The van der Waals surface area contributed by atoms with Gasteiger partial charge in [-0.25, -0.2) is 9.78 Å². The third-order valence-electron chi connectivity index (χ3n) is 4.08. The number of carbonyl (C=O) groups is 2. The van der Waals surface area contributed by atoms with Gasteiger partial charge in [0.25, 0.3) is 5.97 Å². The number of carbonyl (C=O) groups excluding carboxylic acids is 1. The fourth-order valence-corrected chi connectivity index (χ4v) is 2.61. The molecule has 0 radical (unpaired) electrons. The fourth-order valence-electron chi connectivity index (χ4n) is 2.61. The molecule has 0 saturated carbocycles. The fraction of sp³-hybridized carbons (Fsp3) is 0.381. The van der Waals surface area contributed by atoms with Crippen LogP contribution in [0.3, 0.4) is 0 Å². The monoisotopic (exact) mass is 441 g/mol. The number of benzene rings is 1. The van der Waals surface area contributed by atoms with Crippen molar-refractivity contribution in [3.05, 3.63) is 53.7 Å². The number of rotatable bonds is 7. The second-order valence-electron chi connectivity index (χ2n) is 6.35. The number of aliphatic carboxylic acids is 1. The molecule has 0 fully saturated rings. The normalized spacial score (nSPS) is 11.9. The number of aromatic nitrogens is 1. The van der Waals surface area contributed by atoms with Gasteiger partial charge in [-0.15, -0.1) is 0 Å². The highest BCUT2D eigenvalue weighted by Crippen LogP contribution is 2.31. The summed E-state index contributed by atoms with van der Waals surface area (Å²) in [7, 11) is 0. The number of carboxylic acid groups (broad SMARTS) is 1. The van der Waals surface area contributed by atoms with E-state index in [1.165, 1.54) is 24.4 Å². The van der Waals surface area contributed by atoms with Gasteiger partial charge in [0.15, 0.2) is 6.23 Å². The third kappa shape index (κ3) is 8.63. The van der Waals surface area contributed by atoms with E-state index in [1.54, 1.807) is 13.0 Å². The Morgan fingerprint density at radius 1 is 1.19 bits per heavy atom. The highest BCUT2D eigenvalue weighted by atomic mass is 19.4. The first-order chi connectivity index (χ1) is 14.5. The molecule has 0 aliphatic carbocycles. The van der Waals surface area contributed by atoms with Crippen LogP contribution in [0.25, 0.3) is 0 Å². The van der Waals surface area contributed by atoms with E-state index in [0.29, 0.717) is 13.1 Å². The van der Waals surface area contributed by atoms with Crippen molar-refractivity contribution in [1.82, 2.24) is 9.88 Å². The van der Waals surface area contributed by atoms with Crippen molar-refractivity contribution in [2.24, 2.45) is 0 Å². The van der Waals surface area contributed by atoms with Crippen molar-refractivity contribution in [2.45, 2.75) is 40.1 Å². The molecule has 1 unspecified atom stereocenters. The van der Waals surface area contributed by atoms with Gasteiger partial charge in [0, 0.05) is 18.8 Å². The molecule has 1 aromatic heterocycles. The molecule has 7 nitrogen and oxygen atoms in total. The van der Waals surface area contributed by atoms with Crippen LogP contribution in [0.5, 0.6) is 0 Å². The highest BCUT2D eigenvalue weighted by Gasteiger charge is 2.30. The number of alkyl halides is 3. The summed E-state index contributed by atoms with van der Waals surface area (Å²) in [6.07, 6.45) is -3.45. The van der Waals surface area contributed by atoms with Crippen LogP contribution in [0.1, 0.15) is 43.6 Å². The predicted molar refractivity (Wildman–Crippen MR) is 110 cm³/mol. The summed E-state index contributed by atoms with van der Waals surface area (Å²) in [5.41, 5.74) is -0.467. The molecule has 1 atom stereocenters. The Labute approximate surface area is 178 Å².